The monoisotopic (exact) mass is 710 g/mol. The molecule has 9 aromatic carbocycles. The average molecular weight is 711 g/mol. The Morgan fingerprint density at radius 2 is 1.04 bits per heavy atom. The summed E-state index contributed by atoms with van der Waals surface area (Å²) in [6, 6.07) is 65.8. The van der Waals surface area contributed by atoms with E-state index < -0.39 is 0 Å². The van der Waals surface area contributed by atoms with Crippen LogP contribution in [0.4, 0.5) is 0 Å². The van der Waals surface area contributed by atoms with Gasteiger partial charge in [-0.2, -0.15) is 0 Å². The van der Waals surface area contributed by atoms with Gasteiger partial charge >= 0.3 is 0 Å². The van der Waals surface area contributed by atoms with Gasteiger partial charge in [0, 0.05) is 43.4 Å². The lowest BCUT2D eigenvalue weighted by Gasteiger charge is -2.17. The lowest BCUT2D eigenvalue weighted by molar-refractivity contribution is 1.08. The second kappa shape index (κ2) is 11.0. The van der Waals surface area contributed by atoms with E-state index in [1.54, 1.807) is 0 Å². The van der Waals surface area contributed by atoms with Gasteiger partial charge in [-0.3, -0.25) is 4.57 Å². The topological polar surface area (TPSA) is 35.1 Å². The summed E-state index contributed by atoms with van der Waals surface area (Å²) in [4.78, 5) is 11.3. The van der Waals surface area contributed by atoms with Crippen LogP contribution in [-0.2, 0) is 0 Å². The number of rotatable bonds is 3. The van der Waals surface area contributed by atoms with Crippen molar-refractivity contribution >= 4 is 92.5 Å². The van der Waals surface area contributed by atoms with Crippen molar-refractivity contribution in [1.82, 2.24) is 18.9 Å². The van der Waals surface area contributed by atoms with Gasteiger partial charge in [-0.1, -0.05) is 152 Å². The van der Waals surface area contributed by atoms with Crippen LogP contribution in [0, 0.1) is 0 Å². The smallest absolute Gasteiger partial charge is 0.165 e. The predicted octanol–water partition coefficient (Wildman–Crippen LogP) is 13.5. The quantitative estimate of drug-likeness (QED) is 0.171. The minimum Gasteiger partial charge on any atom is -0.308 e. The van der Waals surface area contributed by atoms with E-state index in [1.165, 1.54) is 59.6 Å². The molecular weight excluding hydrogens is 681 g/mol. The molecule has 0 spiro atoms. The lowest BCUT2D eigenvalue weighted by atomic mass is 9.97. The predicted molar refractivity (Wildman–Crippen MR) is 234 cm³/mol. The zero-order chi connectivity index (χ0) is 36.5. The van der Waals surface area contributed by atoms with Crippen molar-refractivity contribution in [1.29, 1.82) is 0 Å². The van der Waals surface area contributed by atoms with Crippen molar-refractivity contribution < 1.29 is 0 Å². The van der Waals surface area contributed by atoms with Crippen molar-refractivity contribution in [2.45, 2.75) is 0 Å². The molecule has 13 rings (SSSR count). The fourth-order valence-corrected chi connectivity index (χ4v) is 9.59. The van der Waals surface area contributed by atoms with Gasteiger partial charge in [0.15, 0.2) is 5.82 Å². The molecule has 0 radical (unpaired) electrons. The minimum absolute atomic E-state index is 0.814. The number of hydrogen-bond donors (Lipinski definition) is 0. The van der Waals surface area contributed by atoms with Crippen LogP contribution in [0.15, 0.2) is 182 Å². The van der Waals surface area contributed by atoms with E-state index in [-0.39, 0.29) is 0 Å². The fourth-order valence-electron chi connectivity index (χ4n) is 9.59. The second-order valence-electron chi connectivity index (χ2n) is 14.9. The lowest BCUT2D eigenvalue weighted by Crippen LogP contribution is -2.05. The third-order valence-electron chi connectivity index (χ3n) is 12.0. The van der Waals surface area contributed by atoms with Gasteiger partial charge < -0.3 is 4.40 Å². The van der Waals surface area contributed by atoms with Gasteiger partial charge in [0.1, 0.15) is 5.69 Å². The van der Waals surface area contributed by atoms with Crippen molar-refractivity contribution in [3.8, 4) is 28.2 Å². The number of para-hydroxylation sites is 2. The molecule has 0 aliphatic carbocycles. The maximum Gasteiger partial charge on any atom is 0.165 e. The summed E-state index contributed by atoms with van der Waals surface area (Å²) in [5.41, 5.74) is 11.8. The van der Waals surface area contributed by atoms with Crippen molar-refractivity contribution in [2.24, 2.45) is 0 Å². The van der Waals surface area contributed by atoms with Crippen LogP contribution in [0.3, 0.4) is 0 Å². The molecule has 4 heterocycles. The van der Waals surface area contributed by atoms with E-state index in [9.17, 15) is 0 Å². The first-order valence-electron chi connectivity index (χ1n) is 19.2. The summed E-state index contributed by atoms with van der Waals surface area (Å²) in [7, 11) is 0. The summed E-state index contributed by atoms with van der Waals surface area (Å²) < 4.78 is 4.93. The highest BCUT2D eigenvalue weighted by Gasteiger charge is 2.27. The molecule has 0 atom stereocenters. The Labute approximate surface area is 320 Å². The first-order chi connectivity index (χ1) is 27.8. The summed E-state index contributed by atoms with van der Waals surface area (Å²) >= 11 is 0. The maximum absolute atomic E-state index is 5.77. The van der Waals surface area contributed by atoms with Crippen LogP contribution in [-0.4, -0.2) is 18.9 Å². The molecule has 4 nitrogen and oxygen atoms in total. The second-order valence-corrected chi connectivity index (χ2v) is 14.9. The van der Waals surface area contributed by atoms with E-state index in [1.807, 2.05) is 0 Å². The van der Waals surface area contributed by atoms with E-state index in [0.717, 1.165) is 61.0 Å². The van der Waals surface area contributed by atoms with Crippen LogP contribution in [0.5, 0.6) is 0 Å². The molecule has 0 N–H and O–H groups in total. The third kappa shape index (κ3) is 3.92. The number of benzene rings is 9. The normalized spacial score (nSPS) is 12.3. The average Bonchev–Trinajstić information content (AvgIpc) is 3.75. The SMILES string of the molecule is c1ccc(-c2ccc3c4ccccc4n4c5ccccc5c5ccc6c(c3c2n6-c2nc3c(ccc6ccccc63)nc2-c2ccc3ccccc3c2)c54)cc1. The Morgan fingerprint density at radius 3 is 1.86 bits per heavy atom. The van der Waals surface area contributed by atoms with Crippen LogP contribution in [0.1, 0.15) is 0 Å². The van der Waals surface area contributed by atoms with Crippen LogP contribution in [0.25, 0.3) is 121 Å². The number of fused-ring (bicyclic) bond motifs is 10. The molecule has 0 fully saturated rings. The molecule has 13 aromatic rings. The molecule has 56 heavy (non-hydrogen) atoms. The highest BCUT2D eigenvalue weighted by atomic mass is 15.1. The van der Waals surface area contributed by atoms with Gasteiger partial charge in [0.25, 0.3) is 0 Å². The van der Waals surface area contributed by atoms with Crippen molar-refractivity contribution in [3.05, 3.63) is 182 Å². The molecule has 0 aliphatic rings. The van der Waals surface area contributed by atoms with E-state index in [0.29, 0.717) is 0 Å². The van der Waals surface area contributed by atoms with Crippen molar-refractivity contribution in [3.63, 3.8) is 0 Å². The number of hydrogen-bond acceptors (Lipinski definition) is 2. The third-order valence-corrected chi connectivity index (χ3v) is 12.0. The van der Waals surface area contributed by atoms with E-state index in [2.05, 4.69) is 191 Å². The van der Waals surface area contributed by atoms with Gasteiger partial charge in [0.05, 0.1) is 38.6 Å². The van der Waals surface area contributed by atoms with Crippen LogP contribution in [0.2, 0.25) is 0 Å². The van der Waals surface area contributed by atoms with Crippen molar-refractivity contribution in [2.75, 3.05) is 0 Å². The Morgan fingerprint density at radius 1 is 0.375 bits per heavy atom. The molecule has 4 aromatic heterocycles. The molecular formula is C52H30N4. The Hall–Kier alpha value is -7.56. The molecule has 0 aliphatic heterocycles. The summed E-state index contributed by atoms with van der Waals surface area (Å²) in [5, 5.41) is 12.0. The van der Waals surface area contributed by atoms with Gasteiger partial charge in [-0.25, -0.2) is 9.97 Å². The molecule has 0 saturated heterocycles. The standard InChI is InChI=1S/C52H30N4/c1-2-13-32(14-3-1)37-25-26-40-38-18-8-10-20-43(38)55-44-21-11-9-19-39(44)41-27-29-45-47(51(41)55)46(40)50(37)56(45)52-48(35-23-22-31-12-4-5-16-34(31)30-35)53-42-28-24-33-15-6-7-17-36(33)49(42)54-52/h1-30H. The first-order valence-corrected chi connectivity index (χ1v) is 19.2. The van der Waals surface area contributed by atoms with E-state index >= 15 is 0 Å². The van der Waals surface area contributed by atoms with Gasteiger partial charge in [-0.15, -0.1) is 0 Å². The largest absolute Gasteiger partial charge is 0.308 e. The van der Waals surface area contributed by atoms with Crippen LogP contribution < -0.4 is 0 Å². The molecule has 0 saturated carbocycles. The summed E-state index contributed by atoms with van der Waals surface area (Å²) in [6.07, 6.45) is 0. The molecule has 0 unspecified atom stereocenters. The van der Waals surface area contributed by atoms with Crippen LogP contribution >= 0.6 is 0 Å². The summed E-state index contributed by atoms with van der Waals surface area (Å²) in [5.74, 6) is 0.814. The highest BCUT2D eigenvalue weighted by Crippen LogP contribution is 2.48. The maximum atomic E-state index is 5.77. The summed E-state index contributed by atoms with van der Waals surface area (Å²) in [6.45, 7) is 0. The first kappa shape index (κ1) is 29.8. The molecule has 4 heteroatoms. The zero-order valence-electron chi connectivity index (χ0n) is 30.1. The van der Waals surface area contributed by atoms with E-state index in [4.69, 9.17) is 9.97 Å². The molecule has 258 valence electrons. The molecule has 0 bridgehead atoms. The minimum atomic E-state index is 0.814. The number of aromatic nitrogens is 4. The Balaban J connectivity index is 1.31. The van der Waals surface area contributed by atoms with Gasteiger partial charge in [-0.05, 0) is 57.4 Å². The Kier molecular flexibility index (Phi) is 5.86. The Bertz CT molecular complexity index is 3760. The van der Waals surface area contributed by atoms with Gasteiger partial charge in [0.2, 0.25) is 0 Å². The molecule has 0 amide bonds. The fraction of sp³-hybridized carbons (Fsp3) is 0. The zero-order valence-corrected chi connectivity index (χ0v) is 30.1. The number of nitrogens with zero attached hydrogens (tertiary/aromatic N) is 4. The highest BCUT2D eigenvalue weighted by molar-refractivity contribution is 6.34.